The Bertz CT molecular complexity index is 783. The number of nitriles is 1. The number of Topliss-reactive ketones (excluding diaryl/α,β-unsaturated/α-hetero) is 1. The lowest BCUT2D eigenvalue weighted by Gasteiger charge is -2.38. The molecule has 184 valence electrons. The molecular weight excluding hydrogens is 486 g/mol. The molecule has 3 rings (SSSR count). The van der Waals surface area contributed by atoms with E-state index in [-0.39, 0.29) is 30.7 Å². The zero-order chi connectivity index (χ0) is 24.4. The minimum Gasteiger partial charge on any atom is -0.395 e. The Morgan fingerprint density at radius 1 is 1.27 bits per heavy atom. The molecule has 2 aromatic carbocycles. The lowest BCUT2D eigenvalue weighted by Crippen LogP contribution is -2.54. The van der Waals surface area contributed by atoms with Crippen molar-refractivity contribution in [3.63, 3.8) is 0 Å². The summed E-state index contributed by atoms with van der Waals surface area (Å²) in [6.45, 7) is 6.98. The highest BCUT2D eigenvalue weighted by atomic mass is 79.9. The smallest absolute Gasteiger partial charge is 0.208 e. The van der Waals surface area contributed by atoms with E-state index in [9.17, 15) is 9.90 Å². The van der Waals surface area contributed by atoms with Gasteiger partial charge >= 0.3 is 0 Å². The maximum Gasteiger partial charge on any atom is 0.208 e. The van der Waals surface area contributed by atoms with Crippen molar-refractivity contribution in [1.82, 2.24) is 5.32 Å². The van der Waals surface area contributed by atoms with Gasteiger partial charge < -0.3 is 26.0 Å². The molecule has 3 unspecified atom stereocenters. The van der Waals surface area contributed by atoms with Gasteiger partial charge in [0.25, 0.3) is 0 Å². The van der Waals surface area contributed by atoms with E-state index in [1.54, 1.807) is 6.07 Å². The molecule has 0 amide bonds. The van der Waals surface area contributed by atoms with Crippen molar-refractivity contribution in [3.8, 4) is 6.07 Å². The van der Waals surface area contributed by atoms with E-state index in [2.05, 4.69) is 21.2 Å². The number of aliphatic hydroxyl groups excluding tert-OH is 1. The van der Waals surface area contributed by atoms with Crippen LogP contribution in [0.1, 0.15) is 44.1 Å². The highest BCUT2D eigenvalue weighted by Crippen LogP contribution is 2.28. The molecule has 0 spiro atoms. The SMILES string of the molecule is C.CC#N.CC(Br)C(=O)c1ccccc1.CC1NCCOC1(O)c1ccccc1.NCCO. The third-order valence-electron chi connectivity index (χ3n) is 4.20. The van der Waals surface area contributed by atoms with Crippen LogP contribution >= 0.6 is 15.9 Å². The molecule has 5 N–H and O–H groups in total. The molecule has 1 heterocycles. The van der Waals surface area contributed by atoms with E-state index in [1.807, 2.05) is 74.5 Å². The number of alkyl halides is 1. The molecule has 0 aliphatic carbocycles. The van der Waals surface area contributed by atoms with Crippen molar-refractivity contribution in [1.29, 1.82) is 5.26 Å². The molecule has 1 aliphatic heterocycles. The summed E-state index contributed by atoms with van der Waals surface area (Å²) < 4.78 is 5.46. The van der Waals surface area contributed by atoms with E-state index in [0.29, 0.717) is 13.2 Å². The molecule has 2 aromatic rings. The first-order chi connectivity index (χ1) is 15.3. The number of hydrogen-bond donors (Lipinski definition) is 4. The van der Waals surface area contributed by atoms with E-state index < -0.39 is 5.79 Å². The van der Waals surface area contributed by atoms with Gasteiger partial charge in [-0.1, -0.05) is 84.0 Å². The fourth-order valence-corrected chi connectivity index (χ4v) is 2.85. The van der Waals surface area contributed by atoms with Crippen molar-refractivity contribution >= 4 is 21.7 Å². The molecule has 33 heavy (non-hydrogen) atoms. The maximum absolute atomic E-state index is 11.3. The predicted octanol–water partition coefficient (Wildman–Crippen LogP) is 3.60. The van der Waals surface area contributed by atoms with E-state index in [0.717, 1.165) is 17.7 Å². The number of benzene rings is 2. The number of ether oxygens (including phenoxy) is 1. The molecule has 0 saturated carbocycles. The molecule has 1 aliphatic rings. The third kappa shape index (κ3) is 12.6. The van der Waals surface area contributed by atoms with Crippen LogP contribution in [0.3, 0.4) is 0 Å². The monoisotopic (exact) mass is 523 g/mol. The second-order valence-corrected chi connectivity index (χ2v) is 8.04. The number of carbonyl (C=O) groups is 1. The topological polar surface area (TPSA) is 129 Å². The molecule has 7 nitrogen and oxygen atoms in total. The van der Waals surface area contributed by atoms with Crippen LogP contribution in [0.15, 0.2) is 60.7 Å². The third-order valence-corrected chi connectivity index (χ3v) is 4.61. The van der Waals surface area contributed by atoms with Crippen molar-refractivity contribution in [2.45, 2.75) is 44.9 Å². The maximum atomic E-state index is 11.3. The Balaban J connectivity index is 0. The van der Waals surface area contributed by atoms with Gasteiger partial charge in [-0.05, 0) is 13.8 Å². The fraction of sp³-hybridized carbons (Fsp3) is 0.440. The quantitative estimate of drug-likeness (QED) is 0.355. The summed E-state index contributed by atoms with van der Waals surface area (Å²) in [5, 5.41) is 28.6. The van der Waals surface area contributed by atoms with Crippen molar-refractivity contribution in [3.05, 3.63) is 71.8 Å². The number of nitrogens with two attached hydrogens (primary N) is 1. The van der Waals surface area contributed by atoms with Crippen LogP contribution in [-0.2, 0) is 10.5 Å². The van der Waals surface area contributed by atoms with Gasteiger partial charge in [0.2, 0.25) is 5.79 Å². The van der Waals surface area contributed by atoms with Crippen LogP contribution in [0.4, 0.5) is 0 Å². The number of rotatable bonds is 4. The Morgan fingerprint density at radius 3 is 2.12 bits per heavy atom. The fourth-order valence-electron chi connectivity index (χ4n) is 2.59. The van der Waals surface area contributed by atoms with Crippen LogP contribution in [0.25, 0.3) is 0 Å². The van der Waals surface area contributed by atoms with Gasteiger partial charge in [0.05, 0.1) is 30.2 Å². The number of morpholine rings is 1. The van der Waals surface area contributed by atoms with Gasteiger partial charge in [0, 0.05) is 31.1 Å². The number of nitrogens with zero attached hydrogens (tertiary/aromatic N) is 1. The normalized spacial score (nSPS) is 19.3. The van der Waals surface area contributed by atoms with Crippen LogP contribution < -0.4 is 11.1 Å². The number of hydrogen-bond acceptors (Lipinski definition) is 7. The summed E-state index contributed by atoms with van der Waals surface area (Å²) in [6.07, 6.45) is 0. The van der Waals surface area contributed by atoms with Crippen LogP contribution in [0.2, 0.25) is 0 Å². The first kappa shape index (κ1) is 33.1. The number of halogens is 1. The summed E-state index contributed by atoms with van der Waals surface area (Å²) in [5.74, 6) is -1.05. The second-order valence-electron chi connectivity index (χ2n) is 6.67. The van der Waals surface area contributed by atoms with Gasteiger partial charge in [0.15, 0.2) is 5.78 Å². The van der Waals surface area contributed by atoms with E-state index >= 15 is 0 Å². The summed E-state index contributed by atoms with van der Waals surface area (Å²) in [5.41, 5.74) is 6.34. The number of aliphatic hydroxyl groups is 2. The largest absolute Gasteiger partial charge is 0.395 e. The molecule has 3 atom stereocenters. The minimum absolute atomic E-state index is 0. The predicted molar refractivity (Wildman–Crippen MR) is 137 cm³/mol. The van der Waals surface area contributed by atoms with Gasteiger partial charge in [-0.25, -0.2) is 0 Å². The van der Waals surface area contributed by atoms with Crippen LogP contribution in [0.5, 0.6) is 0 Å². The number of carbonyl (C=O) groups excluding carboxylic acids is 1. The average Bonchev–Trinajstić information content (AvgIpc) is 2.82. The molecule has 8 heteroatoms. The van der Waals surface area contributed by atoms with E-state index in [1.165, 1.54) is 6.92 Å². The van der Waals surface area contributed by atoms with Gasteiger partial charge in [-0.15, -0.1) is 0 Å². The first-order valence-electron chi connectivity index (χ1n) is 10.3. The summed E-state index contributed by atoms with van der Waals surface area (Å²) >= 11 is 3.23. The lowest BCUT2D eigenvalue weighted by atomic mass is 9.98. The molecule has 1 fully saturated rings. The Hall–Kier alpha value is -2.12. The molecule has 0 radical (unpaired) electrons. The Morgan fingerprint density at radius 2 is 1.73 bits per heavy atom. The zero-order valence-electron chi connectivity index (χ0n) is 18.9. The summed E-state index contributed by atoms with van der Waals surface area (Å²) in [6, 6.07) is 20.4. The molecule has 1 saturated heterocycles. The van der Waals surface area contributed by atoms with Crippen LogP contribution in [-0.4, -0.2) is 53.2 Å². The van der Waals surface area contributed by atoms with Gasteiger partial charge in [0.1, 0.15) is 0 Å². The highest BCUT2D eigenvalue weighted by Gasteiger charge is 2.38. The summed E-state index contributed by atoms with van der Waals surface area (Å²) in [4.78, 5) is 11.2. The van der Waals surface area contributed by atoms with E-state index in [4.69, 9.17) is 20.8 Å². The molecule has 0 aromatic heterocycles. The molecule has 0 bridgehead atoms. The van der Waals surface area contributed by atoms with Gasteiger partial charge in [-0.2, -0.15) is 5.26 Å². The van der Waals surface area contributed by atoms with Crippen LogP contribution in [0, 0.1) is 11.3 Å². The number of nitrogens with one attached hydrogen (secondary N) is 1. The van der Waals surface area contributed by atoms with Crippen molar-refractivity contribution in [2.24, 2.45) is 5.73 Å². The molecular formula is C25H38BrN3O4. The number of ketones is 1. The van der Waals surface area contributed by atoms with Gasteiger partial charge in [-0.3, -0.25) is 4.79 Å². The van der Waals surface area contributed by atoms with Crippen molar-refractivity contribution in [2.75, 3.05) is 26.3 Å². The Kier molecular flexibility index (Phi) is 19.4. The minimum atomic E-state index is -1.18. The summed E-state index contributed by atoms with van der Waals surface area (Å²) in [7, 11) is 0. The second kappa shape index (κ2) is 19.4. The highest BCUT2D eigenvalue weighted by molar-refractivity contribution is 9.10. The standard InChI is InChI=1S/C11H15NO2.C9H9BrO.C2H7NO.C2H3N.CH4/c1-9-11(13,14-8-7-12-9)10-5-3-2-4-6-10;1-7(10)9(11)8-5-3-2-4-6-8;3-1-2-4;1-2-3;/h2-6,9,12-13H,7-8H2,1H3;2-7H,1H3;4H,1-3H2;1H3;1H4. The van der Waals surface area contributed by atoms with Crippen molar-refractivity contribution < 1.29 is 19.7 Å². The zero-order valence-corrected chi connectivity index (χ0v) is 20.5. The first-order valence-corrected chi connectivity index (χ1v) is 11.2. The average molecular weight is 525 g/mol. The lowest BCUT2D eigenvalue weighted by molar-refractivity contribution is -0.245. The Labute approximate surface area is 206 Å².